The molecule has 218 valence electrons. The summed E-state index contributed by atoms with van der Waals surface area (Å²) >= 11 is 1.66. The molecule has 0 saturated carbocycles. The van der Waals surface area contributed by atoms with Gasteiger partial charge in [0.1, 0.15) is 11.3 Å². The number of nitrogens with zero attached hydrogens (tertiary/aromatic N) is 6. The van der Waals surface area contributed by atoms with Crippen LogP contribution >= 0.6 is 11.8 Å². The number of aryl methyl sites for hydroxylation is 2. The Kier molecular flexibility index (Phi) is 8.91. The number of benzene rings is 3. The lowest BCUT2D eigenvalue weighted by atomic mass is 9.97. The summed E-state index contributed by atoms with van der Waals surface area (Å²) in [5, 5.41) is 15.1. The zero-order valence-electron chi connectivity index (χ0n) is 24.7. The van der Waals surface area contributed by atoms with E-state index >= 15 is 0 Å². The van der Waals surface area contributed by atoms with E-state index in [2.05, 4.69) is 93.6 Å². The summed E-state index contributed by atoms with van der Waals surface area (Å²) in [6.07, 6.45) is 5.07. The van der Waals surface area contributed by atoms with Crippen molar-refractivity contribution in [2.45, 2.75) is 46.3 Å². The van der Waals surface area contributed by atoms with Gasteiger partial charge in [-0.1, -0.05) is 86.1 Å². The number of pyridine rings is 1. The van der Waals surface area contributed by atoms with Crippen molar-refractivity contribution in [3.8, 4) is 33.6 Å². The number of nitrogens with one attached hydrogen (secondary N) is 1. The molecule has 0 fully saturated rings. The first-order valence-corrected chi connectivity index (χ1v) is 16.0. The number of imidazole rings is 1. The molecule has 9 heteroatoms. The summed E-state index contributed by atoms with van der Waals surface area (Å²) in [4.78, 5) is 10.5. The van der Waals surface area contributed by atoms with Crippen molar-refractivity contribution in [1.82, 2.24) is 35.2 Å². The summed E-state index contributed by atoms with van der Waals surface area (Å²) in [5.41, 5.74) is 10.3. The molecule has 3 aromatic heterocycles. The van der Waals surface area contributed by atoms with Crippen LogP contribution in [0.2, 0.25) is 0 Å². The van der Waals surface area contributed by atoms with Crippen LogP contribution in [-0.4, -0.2) is 47.4 Å². The maximum atomic E-state index is 6.03. The Balaban J connectivity index is 1.49. The first kappa shape index (κ1) is 28.8. The fourth-order valence-corrected chi connectivity index (χ4v) is 5.83. The number of rotatable bonds is 12. The fourth-order valence-electron chi connectivity index (χ4n) is 5.58. The predicted molar refractivity (Wildman–Crippen MR) is 174 cm³/mol. The SMILES string of the molecule is CCCCc1nc2c(C)c(-c3ccccc3)c(COCSC)nc2n1Cc1ccc(-c2ccccc2)c(-c2nn[nH]n2)c1. The van der Waals surface area contributed by atoms with Gasteiger partial charge in [-0.2, -0.15) is 5.21 Å². The second-order valence-corrected chi connectivity index (χ2v) is 11.4. The maximum absolute atomic E-state index is 6.03. The molecule has 3 heterocycles. The van der Waals surface area contributed by atoms with Gasteiger partial charge in [0.2, 0.25) is 5.82 Å². The van der Waals surface area contributed by atoms with Gasteiger partial charge in [0, 0.05) is 17.5 Å². The lowest BCUT2D eigenvalue weighted by Gasteiger charge is -2.15. The van der Waals surface area contributed by atoms with Crippen molar-refractivity contribution in [2.24, 2.45) is 0 Å². The number of thioether (sulfide) groups is 1. The van der Waals surface area contributed by atoms with Crippen LogP contribution in [-0.2, 0) is 24.3 Å². The van der Waals surface area contributed by atoms with Crippen molar-refractivity contribution in [3.05, 3.63) is 102 Å². The highest BCUT2D eigenvalue weighted by Crippen LogP contribution is 2.34. The Morgan fingerprint density at radius 2 is 1.67 bits per heavy atom. The minimum Gasteiger partial charge on any atom is -0.365 e. The number of aromatic nitrogens is 7. The molecule has 0 bridgehead atoms. The van der Waals surface area contributed by atoms with E-state index in [1.807, 2.05) is 30.5 Å². The Labute approximate surface area is 255 Å². The molecule has 0 aliphatic heterocycles. The predicted octanol–water partition coefficient (Wildman–Crippen LogP) is 7.48. The van der Waals surface area contributed by atoms with E-state index in [0.717, 1.165) is 80.9 Å². The minimum absolute atomic E-state index is 0.436. The molecule has 0 aliphatic rings. The van der Waals surface area contributed by atoms with Gasteiger partial charge in [-0.05, 0) is 58.7 Å². The van der Waals surface area contributed by atoms with Gasteiger partial charge in [0.25, 0.3) is 0 Å². The van der Waals surface area contributed by atoms with Gasteiger partial charge in [-0.3, -0.25) is 0 Å². The second kappa shape index (κ2) is 13.3. The van der Waals surface area contributed by atoms with Crippen molar-refractivity contribution in [1.29, 1.82) is 0 Å². The van der Waals surface area contributed by atoms with Crippen LogP contribution in [0.25, 0.3) is 44.8 Å². The van der Waals surface area contributed by atoms with Crippen molar-refractivity contribution >= 4 is 22.9 Å². The van der Waals surface area contributed by atoms with Gasteiger partial charge in [0.15, 0.2) is 5.65 Å². The number of H-pyrrole nitrogens is 1. The monoisotopic (exact) mass is 589 g/mol. The van der Waals surface area contributed by atoms with E-state index in [9.17, 15) is 0 Å². The third-order valence-corrected chi connectivity index (χ3v) is 8.03. The maximum Gasteiger partial charge on any atom is 0.205 e. The van der Waals surface area contributed by atoms with Crippen LogP contribution in [0.5, 0.6) is 0 Å². The molecule has 0 saturated heterocycles. The second-order valence-electron chi connectivity index (χ2n) is 10.6. The number of unbranched alkanes of at least 4 members (excludes halogenated alkanes) is 1. The van der Waals surface area contributed by atoms with Gasteiger partial charge in [-0.15, -0.1) is 22.0 Å². The van der Waals surface area contributed by atoms with E-state index < -0.39 is 0 Å². The Morgan fingerprint density at radius 1 is 0.907 bits per heavy atom. The number of fused-ring (bicyclic) bond motifs is 1. The number of aromatic amines is 1. The molecular weight excluding hydrogens is 554 g/mol. The lowest BCUT2D eigenvalue weighted by Crippen LogP contribution is -2.08. The molecule has 6 rings (SSSR count). The summed E-state index contributed by atoms with van der Waals surface area (Å²) in [6, 6.07) is 27.2. The Bertz CT molecular complexity index is 1800. The number of tetrazole rings is 1. The zero-order valence-corrected chi connectivity index (χ0v) is 25.6. The number of ether oxygens (including phenoxy) is 1. The molecule has 0 spiro atoms. The van der Waals surface area contributed by atoms with E-state index in [1.165, 1.54) is 0 Å². The van der Waals surface area contributed by atoms with E-state index in [0.29, 0.717) is 24.9 Å². The molecular formula is C34H35N7OS. The van der Waals surface area contributed by atoms with Crippen LogP contribution in [0.4, 0.5) is 0 Å². The average molecular weight is 590 g/mol. The van der Waals surface area contributed by atoms with Crippen molar-refractivity contribution < 1.29 is 4.74 Å². The molecule has 0 radical (unpaired) electrons. The number of hydrogen-bond donors (Lipinski definition) is 1. The van der Waals surface area contributed by atoms with Gasteiger partial charge >= 0.3 is 0 Å². The van der Waals surface area contributed by atoms with Crippen LogP contribution < -0.4 is 0 Å². The first-order chi connectivity index (χ1) is 21.2. The van der Waals surface area contributed by atoms with Crippen LogP contribution in [0, 0.1) is 6.92 Å². The molecule has 8 nitrogen and oxygen atoms in total. The Hall–Kier alpha value is -4.34. The Morgan fingerprint density at radius 3 is 2.37 bits per heavy atom. The smallest absolute Gasteiger partial charge is 0.205 e. The molecule has 3 aromatic carbocycles. The minimum atomic E-state index is 0.436. The topological polar surface area (TPSA) is 94.4 Å². The molecule has 43 heavy (non-hydrogen) atoms. The average Bonchev–Trinajstić information content (AvgIpc) is 3.70. The van der Waals surface area contributed by atoms with Crippen LogP contribution in [0.15, 0.2) is 78.9 Å². The van der Waals surface area contributed by atoms with E-state index in [-0.39, 0.29) is 0 Å². The molecule has 6 aromatic rings. The third kappa shape index (κ3) is 6.09. The molecule has 1 N–H and O–H groups in total. The fraction of sp³-hybridized carbons (Fsp3) is 0.265. The normalized spacial score (nSPS) is 11.4. The summed E-state index contributed by atoms with van der Waals surface area (Å²) in [5.74, 6) is 2.22. The van der Waals surface area contributed by atoms with E-state index in [4.69, 9.17) is 14.7 Å². The van der Waals surface area contributed by atoms with Crippen LogP contribution in [0.1, 0.15) is 42.4 Å². The largest absolute Gasteiger partial charge is 0.365 e. The first-order valence-electron chi connectivity index (χ1n) is 14.6. The van der Waals surface area contributed by atoms with Gasteiger partial charge in [-0.25, -0.2) is 9.97 Å². The highest BCUT2D eigenvalue weighted by molar-refractivity contribution is 7.98. The molecule has 0 aliphatic carbocycles. The molecule has 0 unspecified atom stereocenters. The standard InChI is InChI=1S/C34H35N7OS/c1-4-5-16-30-36-32-23(2)31(26-14-10-7-11-15-26)29(21-42-22-43-3)35-34(32)41(30)20-24-17-18-27(25-12-8-6-9-13-25)28(19-24)33-37-39-40-38-33/h6-15,17-19H,4-5,16,20-22H2,1-3H3,(H,37,38,39,40). The summed E-state index contributed by atoms with van der Waals surface area (Å²) in [7, 11) is 0. The van der Waals surface area contributed by atoms with Gasteiger partial charge < -0.3 is 9.30 Å². The number of hydrogen-bond acceptors (Lipinski definition) is 7. The molecule has 0 atom stereocenters. The third-order valence-electron chi connectivity index (χ3n) is 7.63. The van der Waals surface area contributed by atoms with Crippen LogP contribution in [0.3, 0.4) is 0 Å². The van der Waals surface area contributed by atoms with Crippen molar-refractivity contribution in [2.75, 3.05) is 12.2 Å². The summed E-state index contributed by atoms with van der Waals surface area (Å²) < 4.78 is 8.31. The quantitative estimate of drug-likeness (QED) is 0.117. The highest BCUT2D eigenvalue weighted by atomic mass is 32.2. The lowest BCUT2D eigenvalue weighted by molar-refractivity contribution is 0.167. The zero-order chi connectivity index (χ0) is 29.6. The summed E-state index contributed by atoms with van der Waals surface area (Å²) in [6.45, 7) is 5.43. The van der Waals surface area contributed by atoms with E-state index in [1.54, 1.807) is 11.8 Å². The van der Waals surface area contributed by atoms with Crippen molar-refractivity contribution in [3.63, 3.8) is 0 Å². The molecule has 0 amide bonds. The highest BCUT2D eigenvalue weighted by Gasteiger charge is 2.21. The van der Waals surface area contributed by atoms with Gasteiger partial charge in [0.05, 0.1) is 24.8 Å².